The van der Waals surface area contributed by atoms with Crippen LogP contribution in [0.15, 0.2) is 24.3 Å². The summed E-state index contributed by atoms with van der Waals surface area (Å²) in [6.45, 7) is 9.03. The molecule has 3 aliphatic rings. The Morgan fingerprint density at radius 3 is 2.04 bits per heavy atom. The van der Waals surface area contributed by atoms with Gasteiger partial charge in [0, 0.05) is 39.3 Å². The quantitative estimate of drug-likeness (QED) is 0.851. The van der Waals surface area contributed by atoms with Crippen LogP contribution in [-0.2, 0) is 22.6 Å². The van der Waals surface area contributed by atoms with Crippen LogP contribution >= 0.6 is 0 Å². The zero-order valence-corrected chi connectivity index (χ0v) is 14.0. The molecule has 1 aliphatic carbocycles. The van der Waals surface area contributed by atoms with Gasteiger partial charge in [-0.3, -0.25) is 9.80 Å². The maximum Gasteiger partial charge on any atom is 0.0809 e. The average molecular weight is 316 g/mol. The molecule has 3 fully saturated rings. The number of morpholine rings is 2. The van der Waals surface area contributed by atoms with Crippen LogP contribution in [0.25, 0.3) is 0 Å². The first kappa shape index (κ1) is 15.6. The predicted molar refractivity (Wildman–Crippen MR) is 90.3 cm³/mol. The number of nitrogens with zero attached hydrogens (tertiary/aromatic N) is 2. The molecule has 4 heteroatoms. The summed E-state index contributed by atoms with van der Waals surface area (Å²) >= 11 is 0. The third-order valence-corrected chi connectivity index (χ3v) is 5.53. The normalized spacial score (nSPS) is 25.4. The van der Waals surface area contributed by atoms with Crippen molar-refractivity contribution in [2.45, 2.75) is 38.0 Å². The molecular formula is C19H28N2O2. The number of hydrogen-bond donors (Lipinski definition) is 0. The summed E-state index contributed by atoms with van der Waals surface area (Å²) in [4.78, 5) is 5.04. The fourth-order valence-electron chi connectivity index (χ4n) is 3.96. The van der Waals surface area contributed by atoms with Gasteiger partial charge < -0.3 is 9.47 Å². The van der Waals surface area contributed by atoms with Gasteiger partial charge in [0.15, 0.2) is 0 Å². The van der Waals surface area contributed by atoms with Crippen molar-refractivity contribution in [3.8, 4) is 0 Å². The summed E-state index contributed by atoms with van der Waals surface area (Å²) < 4.78 is 11.4. The minimum atomic E-state index is 0.203. The van der Waals surface area contributed by atoms with Crippen molar-refractivity contribution in [1.29, 1.82) is 0 Å². The zero-order chi connectivity index (χ0) is 15.5. The Kier molecular flexibility index (Phi) is 4.67. The van der Waals surface area contributed by atoms with E-state index in [4.69, 9.17) is 9.47 Å². The van der Waals surface area contributed by atoms with Gasteiger partial charge in [-0.25, -0.2) is 0 Å². The molecule has 2 saturated heterocycles. The summed E-state index contributed by atoms with van der Waals surface area (Å²) in [7, 11) is 0. The highest BCUT2D eigenvalue weighted by Crippen LogP contribution is 2.38. The van der Waals surface area contributed by atoms with E-state index in [1.165, 1.54) is 30.4 Å². The number of rotatable bonds is 4. The minimum absolute atomic E-state index is 0.203. The first-order valence-corrected chi connectivity index (χ1v) is 9.06. The van der Waals surface area contributed by atoms with Gasteiger partial charge >= 0.3 is 0 Å². The second kappa shape index (κ2) is 6.89. The Labute approximate surface area is 139 Å². The molecule has 126 valence electrons. The molecule has 0 bridgehead atoms. The topological polar surface area (TPSA) is 24.9 Å². The lowest BCUT2D eigenvalue weighted by Crippen LogP contribution is -2.55. The maximum absolute atomic E-state index is 6.02. The summed E-state index contributed by atoms with van der Waals surface area (Å²) in [5.41, 5.74) is 3.04. The van der Waals surface area contributed by atoms with Crippen LogP contribution in [0.4, 0.5) is 0 Å². The van der Waals surface area contributed by atoms with Crippen LogP contribution in [0.3, 0.4) is 0 Å². The third kappa shape index (κ3) is 3.77. The lowest BCUT2D eigenvalue weighted by atomic mass is 9.79. The largest absolute Gasteiger partial charge is 0.379 e. The van der Waals surface area contributed by atoms with Crippen LogP contribution in [0, 0.1) is 0 Å². The Hall–Kier alpha value is -0.940. The number of hydrogen-bond acceptors (Lipinski definition) is 4. The smallest absolute Gasteiger partial charge is 0.0809 e. The van der Waals surface area contributed by atoms with E-state index in [0.717, 1.165) is 59.1 Å². The summed E-state index contributed by atoms with van der Waals surface area (Å²) in [5.74, 6) is 0. The first-order chi connectivity index (χ1) is 11.3. The molecule has 1 spiro atoms. The molecular weight excluding hydrogens is 288 g/mol. The van der Waals surface area contributed by atoms with E-state index in [1.807, 2.05) is 0 Å². The summed E-state index contributed by atoms with van der Waals surface area (Å²) in [6.07, 6.45) is 3.84. The van der Waals surface area contributed by atoms with Crippen molar-refractivity contribution in [1.82, 2.24) is 9.80 Å². The van der Waals surface area contributed by atoms with E-state index < -0.39 is 0 Å². The Morgan fingerprint density at radius 2 is 1.43 bits per heavy atom. The molecule has 0 N–H and O–H groups in total. The minimum Gasteiger partial charge on any atom is -0.379 e. The maximum atomic E-state index is 6.02. The van der Waals surface area contributed by atoms with Crippen molar-refractivity contribution >= 4 is 0 Å². The highest BCUT2D eigenvalue weighted by molar-refractivity contribution is 5.22. The van der Waals surface area contributed by atoms with Crippen molar-refractivity contribution in [2.24, 2.45) is 0 Å². The monoisotopic (exact) mass is 316 g/mol. The van der Waals surface area contributed by atoms with Crippen LogP contribution in [-0.4, -0.2) is 61.4 Å². The Morgan fingerprint density at radius 1 is 0.826 bits per heavy atom. The molecule has 1 aromatic rings. The number of benzene rings is 1. The molecule has 4 nitrogen and oxygen atoms in total. The predicted octanol–water partition coefficient (Wildman–Crippen LogP) is 2.27. The van der Waals surface area contributed by atoms with Gasteiger partial charge in [-0.15, -0.1) is 0 Å². The Bertz CT molecular complexity index is 507. The van der Waals surface area contributed by atoms with Crippen LogP contribution in [0.2, 0.25) is 0 Å². The zero-order valence-electron chi connectivity index (χ0n) is 14.0. The SMILES string of the molecule is c1cc(CN2CCOC3(CCC3)C2)ccc1CN1CCOCC1. The standard InChI is InChI=1S/C19H28N2O2/c1-6-19(7-1)16-21(10-13-23-19)15-18-4-2-17(3-5-18)14-20-8-11-22-12-9-20/h2-5H,1,6-16H2. The summed E-state index contributed by atoms with van der Waals surface area (Å²) in [5, 5.41) is 0. The van der Waals surface area contributed by atoms with E-state index >= 15 is 0 Å². The van der Waals surface area contributed by atoms with Gasteiger partial charge in [0.25, 0.3) is 0 Å². The van der Waals surface area contributed by atoms with Crippen molar-refractivity contribution < 1.29 is 9.47 Å². The van der Waals surface area contributed by atoms with Gasteiger partial charge in [-0.05, 0) is 30.4 Å². The van der Waals surface area contributed by atoms with Gasteiger partial charge in [-0.1, -0.05) is 24.3 Å². The van der Waals surface area contributed by atoms with E-state index in [9.17, 15) is 0 Å². The molecule has 2 heterocycles. The molecule has 0 amide bonds. The van der Waals surface area contributed by atoms with Crippen molar-refractivity contribution in [3.63, 3.8) is 0 Å². The second-order valence-corrected chi connectivity index (χ2v) is 7.30. The molecule has 23 heavy (non-hydrogen) atoms. The molecule has 1 aromatic carbocycles. The average Bonchev–Trinajstić information content (AvgIpc) is 2.57. The van der Waals surface area contributed by atoms with E-state index in [-0.39, 0.29) is 5.60 Å². The highest BCUT2D eigenvalue weighted by Gasteiger charge is 2.41. The first-order valence-electron chi connectivity index (χ1n) is 9.06. The van der Waals surface area contributed by atoms with Gasteiger partial charge in [0.2, 0.25) is 0 Å². The Balaban J connectivity index is 1.31. The van der Waals surface area contributed by atoms with Gasteiger partial charge in [-0.2, -0.15) is 0 Å². The van der Waals surface area contributed by atoms with Gasteiger partial charge in [0.05, 0.1) is 25.4 Å². The molecule has 4 rings (SSSR count). The van der Waals surface area contributed by atoms with Crippen molar-refractivity contribution in [2.75, 3.05) is 46.0 Å². The molecule has 0 unspecified atom stereocenters. The van der Waals surface area contributed by atoms with E-state index in [1.54, 1.807) is 0 Å². The molecule has 0 atom stereocenters. The molecule has 2 aliphatic heterocycles. The summed E-state index contributed by atoms with van der Waals surface area (Å²) in [6, 6.07) is 9.20. The molecule has 0 radical (unpaired) electrons. The van der Waals surface area contributed by atoms with E-state index in [2.05, 4.69) is 34.1 Å². The fourth-order valence-corrected chi connectivity index (χ4v) is 3.96. The van der Waals surface area contributed by atoms with E-state index in [0.29, 0.717) is 0 Å². The highest BCUT2D eigenvalue weighted by atomic mass is 16.5. The van der Waals surface area contributed by atoms with Crippen LogP contribution in [0.1, 0.15) is 30.4 Å². The molecule has 0 aromatic heterocycles. The molecule has 1 saturated carbocycles. The lowest BCUT2D eigenvalue weighted by Gasteiger charge is -2.48. The van der Waals surface area contributed by atoms with Crippen LogP contribution < -0.4 is 0 Å². The lowest BCUT2D eigenvalue weighted by molar-refractivity contribution is -0.152. The third-order valence-electron chi connectivity index (χ3n) is 5.53. The fraction of sp³-hybridized carbons (Fsp3) is 0.684. The second-order valence-electron chi connectivity index (χ2n) is 7.30. The van der Waals surface area contributed by atoms with Crippen LogP contribution in [0.5, 0.6) is 0 Å². The van der Waals surface area contributed by atoms with Gasteiger partial charge in [0.1, 0.15) is 0 Å². The van der Waals surface area contributed by atoms with Crippen molar-refractivity contribution in [3.05, 3.63) is 35.4 Å². The number of ether oxygens (including phenoxy) is 2.